The average molecular weight is 410 g/mol. The number of amides is 2. The Kier molecular flexibility index (Phi) is 6.13. The van der Waals surface area contributed by atoms with Crippen molar-refractivity contribution in [2.45, 2.75) is 31.2 Å². The summed E-state index contributed by atoms with van der Waals surface area (Å²) in [5.74, 6) is -0.529. The first-order chi connectivity index (χ1) is 14.6. The van der Waals surface area contributed by atoms with E-state index < -0.39 is 5.82 Å². The lowest BCUT2D eigenvalue weighted by Gasteiger charge is -2.43. The third kappa shape index (κ3) is 4.54. The minimum atomic E-state index is -0.405. The number of carbonyl (C=O) groups excluding carboxylic acids is 2. The van der Waals surface area contributed by atoms with Gasteiger partial charge >= 0.3 is 0 Å². The van der Waals surface area contributed by atoms with Crippen molar-refractivity contribution in [1.29, 1.82) is 0 Å². The van der Waals surface area contributed by atoms with Crippen LogP contribution in [0.5, 0.6) is 0 Å². The lowest BCUT2D eigenvalue weighted by atomic mass is 9.72. The molecule has 0 radical (unpaired) electrons. The van der Waals surface area contributed by atoms with Gasteiger partial charge in [0, 0.05) is 31.7 Å². The predicted octanol–water partition coefficient (Wildman–Crippen LogP) is 3.17. The van der Waals surface area contributed by atoms with Crippen molar-refractivity contribution in [3.05, 3.63) is 71.5 Å². The molecule has 2 aromatic carbocycles. The summed E-state index contributed by atoms with van der Waals surface area (Å²) in [4.78, 5) is 29.3. The summed E-state index contributed by atoms with van der Waals surface area (Å²) in [6.45, 7) is 2.87. The van der Waals surface area contributed by atoms with Crippen LogP contribution in [0.2, 0.25) is 0 Å². The van der Waals surface area contributed by atoms with E-state index in [0.717, 1.165) is 32.2 Å². The lowest BCUT2D eigenvalue weighted by Crippen LogP contribution is -2.53. The van der Waals surface area contributed by atoms with Gasteiger partial charge in [0.25, 0.3) is 5.91 Å². The normalized spacial score (nSPS) is 18.9. The summed E-state index contributed by atoms with van der Waals surface area (Å²) in [6.07, 6.45) is 3.85. The smallest absolute Gasteiger partial charge is 0.254 e. The third-order valence-electron chi connectivity index (χ3n) is 6.23. The van der Waals surface area contributed by atoms with E-state index in [-0.39, 0.29) is 17.4 Å². The molecule has 2 fully saturated rings. The van der Waals surface area contributed by atoms with E-state index in [0.29, 0.717) is 31.7 Å². The third-order valence-corrected chi connectivity index (χ3v) is 6.23. The molecular weight excluding hydrogens is 381 g/mol. The van der Waals surface area contributed by atoms with Gasteiger partial charge in [-0.05, 0) is 49.4 Å². The van der Waals surface area contributed by atoms with E-state index in [1.165, 1.54) is 17.7 Å². The molecule has 0 spiro atoms. The number of nitrogens with zero attached hydrogens (tertiary/aromatic N) is 2. The quantitative estimate of drug-likeness (QED) is 0.825. The predicted molar refractivity (Wildman–Crippen MR) is 113 cm³/mol. The van der Waals surface area contributed by atoms with Crippen LogP contribution in [0.15, 0.2) is 54.6 Å². The average Bonchev–Trinajstić information content (AvgIpc) is 2.96. The summed E-state index contributed by atoms with van der Waals surface area (Å²) in [5.41, 5.74) is 1.31. The van der Waals surface area contributed by atoms with E-state index in [1.54, 1.807) is 17.0 Å². The van der Waals surface area contributed by atoms with Crippen molar-refractivity contribution in [3.63, 3.8) is 0 Å². The van der Waals surface area contributed by atoms with Gasteiger partial charge in [-0.3, -0.25) is 14.5 Å². The van der Waals surface area contributed by atoms with E-state index in [1.807, 2.05) is 18.2 Å². The second-order valence-electron chi connectivity index (χ2n) is 8.28. The molecule has 1 aliphatic carbocycles. The maximum atomic E-state index is 13.4. The maximum Gasteiger partial charge on any atom is 0.254 e. The molecule has 0 unspecified atom stereocenters. The van der Waals surface area contributed by atoms with Crippen molar-refractivity contribution >= 4 is 11.8 Å². The van der Waals surface area contributed by atoms with Crippen LogP contribution in [0.3, 0.4) is 0 Å². The lowest BCUT2D eigenvalue weighted by molar-refractivity contribution is -0.125. The fourth-order valence-corrected chi connectivity index (χ4v) is 4.42. The molecular formula is C24H28FN3O2. The molecule has 5 nitrogen and oxygen atoms in total. The topological polar surface area (TPSA) is 52.7 Å². The molecule has 4 rings (SSSR count). The van der Waals surface area contributed by atoms with Gasteiger partial charge in [0.15, 0.2) is 0 Å². The van der Waals surface area contributed by atoms with E-state index in [9.17, 15) is 14.0 Å². The highest BCUT2D eigenvalue weighted by Gasteiger charge is 2.40. The fourth-order valence-electron chi connectivity index (χ4n) is 4.42. The number of benzene rings is 2. The summed E-state index contributed by atoms with van der Waals surface area (Å²) in [5, 5.41) is 3.28. The van der Waals surface area contributed by atoms with Gasteiger partial charge in [-0.1, -0.05) is 36.4 Å². The molecule has 2 amide bonds. The van der Waals surface area contributed by atoms with Crippen molar-refractivity contribution in [2.75, 3.05) is 32.7 Å². The molecule has 1 heterocycles. The zero-order valence-electron chi connectivity index (χ0n) is 17.1. The largest absolute Gasteiger partial charge is 0.345 e. The Hall–Kier alpha value is -2.73. The molecule has 1 N–H and O–H groups in total. The number of rotatable bonds is 5. The molecule has 2 aromatic rings. The van der Waals surface area contributed by atoms with Crippen LogP contribution in [-0.4, -0.2) is 54.3 Å². The van der Waals surface area contributed by atoms with Crippen LogP contribution < -0.4 is 5.32 Å². The Morgan fingerprint density at radius 3 is 2.43 bits per heavy atom. The van der Waals surface area contributed by atoms with Gasteiger partial charge in [-0.2, -0.15) is 0 Å². The van der Waals surface area contributed by atoms with Crippen LogP contribution in [-0.2, 0) is 10.3 Å². The number of carbonyl (C=O) groups is 2. The Balaban J connectivity index is 1.33. The Morgan fingerprint density at radius 1 is 0.933 bits per heavy atom. The number of hydrogen-bond acceptors (Lipinski definition) is 3. The maximum absolute atomic E-state index is 13.4. The minimum Gasteiger partial charge on any atom is -0.345 e. The first kappa shape index (κ1) is 20.5. The molecule has 2 aliphatic rings. The van der Waals surface area contributed by atoms with Gasteiger partial charge in [0.1, 0.15) is 5.82 Å². The molecule has 30 heavy (non-hydrogen) atoms. The zero-order chi connectivity index (χ0) is 21.0. The zero-order valence-corrected chi connectivity index (χ0v) is 17.1. The second kappa shape index (κ2) is 8.96. The number of hydrogen-bond donors (Lipinski definition) is 1. The van der Waals surface area contributed by atoms with Gasteiger partial charge in [0.2, 0.25) is 5.91 Å². The summed E-state index contributed by atoms with van der Waals surface area (Å²) < 4.78 is 13.4. The van der Waals surface area contributed by atoms with Gasteiger partial charge < -0.3 is 10.2 Å². The fraction of sp³-hybridized carbons (Fsp3) is 0.417. The van der Waals surface area contributed by atoms with Crippen molar-refractivity contribution in [2.24, 2.45) is 0 Å². The highest BCUT2D eigenvalue weighted by atomic mass is 19.1. The Labute approximate surface area is 176 Å². The highest BCUT2D eigenvalue weighted by molar-refractivity contribution is 5.94. The van der Waals surface area contributed by atoms with Crippen LogP contribution in [0.25, 0.3) is 0 Å². The monoisotopic (exact) mass is 409 g/mol. The summed E-state index contributed by atoms with van der Waals surface area (Å²) in [6, 6.07) is 16.0. The van der Waals surface area contributed by atoms with Crippen molar-refractivity contribution in [1.82, 2.24) is 15.1 Å². The van der Waals surface area contributed by atoms with E-state index in [4.69, 9.17) is 0 Å². The molecule has 158 valence electrons. The molecule has 0 aromatic heterocycles. The van der Waals surface area contributed by atoms with Crippen LogP contribution in [0.4, 0.5) is 4.39 Å². The Morgan fingerprint density at radius 2 is 1.73 bits per heavy atom. The van der Waals surface area contributed by atoms with Crippen molar-refractivity contribution < 1.29 is 14.0 Å². The second-order valence-corrected chi connectivity index (χ2v) is 8.28. The molecule has 0 bridgehead atoms. The van der Waals surface area contributed by atoms with Crippen LogP contribution >= 0.6 is 0 Å². The van der Waals surface area contributed by atoms with E-state index >= 15 is 0 Å². The minimum absolute atomic E-state index is 0.0310. The Bertz CT molecular complexity index is 898. The van der Waals surface area contributed by atoms with Crippen molar-refractivity contribution in [3.8, 4) is 0 Å². The number of nitrogens with one attached hydrogen (secondary N) is 1. The molecule has 0 atom stereocenters. The summed E-state index contributed by atoms with van der Waals surface area (Å²) >= 11 is 0. The van der Waals surface area contributed by atoms with Gasteiger partial charge in [-0.15, -0.1) is 0 Å². The first-order valence-corrected chi connectivity index (χ1v) is 10.7. The van der Waals surface area contributed by atoms with Crippen LogP contribution in [0.1, 0.15) is 41.6 Å². The van der Waals surface area contributed by atoms with Gasteiger partial charge in [-0.25, -0.2) is 4.39 Å². The standard InChI is InChI=1S/C24H28FN3O2/c25-21-10-4-7-19(17-21)23(30)28-14-6-13-27(15-16-28)18-22(29)26-24(11-5-12-24)20-8-2-1-3-9-20/h1-4,7-10,17H,5-6,11-16,18H2,(H,26,29). The first-order valence-electron chi connectivity index (χ1n) is 10.7. The number of halogens is 1. The molecule has 1 saturated heterocycles. The SMILES string of the molecule is O=C(CN1CCCN(C(=O)c2cccc(F)c2)CC1)NC1(c2ccccc2)CCC1. The van der Waals surface area contributed by atoms with Gasteiger partial charge in [0.05, 0.1) is 12.1 Å². The van der Waals surface area contributed by atoms with Crippen LogP contribution in [0, 0.1) is 5.82 Å². The molecule has 6 heteroatoms. The molecule has 1 saturated carbocycles. The van der Waals surface area contributed by atoms with E-state index in [2.05, 4.69) is 22.3 Å². The molecule has 1 aliphatic heterocycles. The summed E-state index contributed by atoms with van der Waals surface area (Å²) in [7, 11) is 0. The highest BCUT2D eigenvalue weighted by Crippen LogP contribution is 2.41.